The summed E-state index contributed by atoms with van der Waals surface area (Å²) in [5.41, 5.74) is 0.204. The van der Waals surface area contributed by atoms with E-state index in [-0.39, 0.29) is 17.4 Å². The molecule has 5 heteroatoms. The van der Waals surface area contributed by atoms with Gasteiger partial charge in [-0.15, -0.1) is 0 Å². The van der Waals surface area contributed by atoms with Gasteiger partial charge in [-0.05, 0) is 6.07 Å². The smallest absolute Gasteiger partial charge is 0.252 e. The van der Waals surface area contributed by atoms with Gasteiger partial charge in [-0.25, -0.2) is 4.39 Å². The predicted octanol–water partition coefficient (Wildman–Crippen LogP) is 1.42. The fourth-order valence-electron chi connectivity index (χ4n) is 1.64. The van der Waals surface area contributed by atoms with Crippen molar-refractivity contribution in [3.8, 4) is 5.75 Å². The molecular formula is C12H10FNO3. The number of carbonyl (C=O) groups excluding carboxylic acids is 1. The lowest BCUT2D eigenvalue weighted by atomic mass is 10.1. The van der Waals surface area contributed by atoms with E-state index in [2.05, 4.69) is 4.98 Å². The number of hydrogen-bond donors (Lipinski definition) is 1. The third kappa shape index (κ3) is 2.04. The van der Waals surface area contributed by atoms with Crippen molar-refractivity contribution in [2.24, 2.45) is 0 Å². The molecule has 0 aliphatic carbocycles. The van der Waals surface area contributed by atoms with E-state index in [0.717, 1.165) is 0 Å². The molecule has 0 aliphatic rings. The molecule has 2 aromatic rings. The normalized spacial score (nSPS) is 10.5. The summed E-state index contributed by atoms with van der Waals surface area (Å²) in [6, 6.07) is 4.15. The Morgan fingerprint density at radius 2 is 2.18 bits per heavy atom. The summed E-state index contributed by atoms with van der Waals surface area (Å²) < 4.78 is 18.6. The molecule has 4 nitrogen and oxygen atoms in total. The predicted molar refractivity (Wildman–Crippen MR) is 60.8 cm³/mol. The van der Waals surface area contributed by atoms with Crippen LogP contribution in [-0.4, -0.2) is 18.4 Å². The van der Waals surface area contributed by atoms with Crippen molar-refractivity contribution in [1.29, 1.82) is 0 Å². The number of methoxy groups -OCH3 is 1. The highest BCUT2D eigenvalue weighted by Crippen LogP contribution is 2.22. The number of aldehydes is 1. The van der Waals surface area contributed by atoms with E-state index >= 15 is 0 Å². The Labute approximate surface area is 96.0 Å². The van der Waals surface area contributed by atoms with Crippen molar-refractivity contribution in [3.63, 3.8) is 0 Å². The number of carbonyl (C=O) groups is 1. The maximum atomic E-state index is 13.7. The second kappa shape index (κ2) is 4.37. The van der Waals surface area contributed by atoms with Gasteiger partial charge in [0.25, 0.3) is 5.56 Å². The second-order valence-corrected chi connectivity index (χ2v) is 3.56. The fraction of sp³-hybridized carbons (Fsp3) is 0.167. The van der Waals surface area contributed by atoms with Crippen LogP contribution in [0.1, 0.15) is 5.56 Å². The lowest BCUT2D eigenvalue weighted by Crippen LogP contribution is -2.13. The Balaban J connectivity index is 2.74. The van der Waals surface area contributed by atoms with Gasteiger partial charge in [0.15, 0.2) is 0 Å². The molecule has 0 radical (unpaired) electrons. The molecule has 0 unspecified atom stereocenters. The second-order valence-electron chi connectivity index (χ2n) is 3.56. The molecule has 0 aliphatic heterocycles. The van der Waals surface area contributed by atoms with Crippen molar-refractivity contribution >= 4 is 17.2 Å². The highest BCUT2D eigenvalue weighted by Gasteiger charge is 2.08. The van der Waals surface area contributed by atoms with Crippen LogP contribution in [0.4, 0.5) is 4.39 Å². The lowest BCUT2D eigenvalue weighted by Gasteiger charge is -2.05. The number of pyridine rings is 1. The van der Waals surface area contributed by atoms with Crippen LogP contribution < -0.4 is 10.3 Å². The maximum absolute atomic E-state index is 13.7. The van der Waals surface area contributed by atoms with Gasteiger partial charge in [0, 0.05) is 29.5 Å². The van der Waals surface area contributed by atoms with Crippen LogP contribution in [0.15, 0.2) is 23.0 Å². The maximum Gasteiger partial charge on any atom is 0.252 e. The standard InChI is InChI=1S/C12H10FNO3/c1-17-8-5-10(13)9-4-7(2-3-15)12(16)14-11(9)6-8/h3-6H,2H2,1H3,(H,14,16). The minimum Gasteiger partial charge on any atom is -0.497 e. The number of nitrogens with one attached hydrogen (secondary N) is 1. The summed E-state index contributed by atoms with van der Waals surface area (Å²) in [6.45, 7) is 0. The molecule has 0 atom stereocenters. The largest absolute Gasteiger partial charge is 0.497 e. The van der Waals surface area contributed by atoms with E-state index < -0.39 is 11.4 Å². The lowest BCUT2D eigenvalue weighted by molar-refractivity contribution is -0.107. The quantitative estimate of drug-likeness (QED) is 0.818. The van der Waals surface area contributed by atoms with Crippen LogP contribution in [0, 0.1) is 5.82 Å². The summed E-state index contributed by atoms with van der Waals surface area (Å²) in [6.07, 6.45) is 0.578. The van der Waals surface area contributed by atoms with Gasteiger partial charge in [0.1, 0.15) is 17.9 Å². The summed E-state index contributed by atoms with van der Waals surface area (Å²) in [5, 5.41) is 0.266. The first-order chi connectivity index (χ1) is 8.15. The monoisotopic (exact) mass is 235 g/mol. The van der Waals surface area contributed by atoms with E-state index in [1.54, 1.807) is 0 Å². The van der Waals surface area contributed by atoms with Crippen molar-refractivity contribution in [3.05, 3.63) is 39.9 Å². The van der Waals surface area contributed by atoms with E-state index in [4.69, 9.17) is 4.74 Å². The van der Waals surface area contributed by atoms with E-state index in [1.807, 2.05) is 0 Å². The number of H-pyrrole nitrogens is 1. The van der Waals surface area contributed by atoms with Gasteiger partial charge >= 0.3 is 0 Å². The number of hydrogen-bond acceptors (Lipinski definition) is 3. The fourth-order valence-corrected chi connectivity index (χ4v) is 1.64. The van der Waals surface area contributed by atoms with Gasteiger partial charge in [-0.1, -0.05) is 0 Å². The Morgan fingerprint density at radius 1 is 1.41 bits per heavy atom. The summed E-state index contributed by atoms with van der Waals surface area (Å²) in [4.78, 5) is 24.5. The summed E-state index contributed by atoms with van der Waals surface area (Å²) in [7, 11) is 1.42. The molecule has 0 saturated carbocycles. The zero-order chi connectivity index (χ0) is 12.4. The zero-order valence-electron chi connectivity index (χ0n) is 9.12. The van der Waals surface area contributed by atoms with Gasteiger partial charge < -0.3 is 14.5 Å². The number of rotatable bonds is 3. The minimum absolute atomic E-state index is 0.0310. The number of halogens is 1. The number of ether oxygens (including phenoxy) is 1. The zero-order valence-corrected chi connectivity index (χ0v) is 9.12. The molecule has 0 amide bonds. The molecule has 17 heavy (non-hydrogen) atoms. The van der Waals surface area contributed by atoms with Gasteiger partial charge in [0.05, 0.1) is 12.6 Å². The van der Waals surface area contributed by atoms with Crippen molar-refractivity contribution < 1.29 is 13.9 Å². The van der Waals surface area contributed by atoms with E-state index in [0.29, 0.717) is 17.6 Å². The van der Waals surface area contributed by atoms with Crippen LogP contribution in [0.5, 0.6) is 5.75 Å². The number of aromatic nitrogens is 1. The molecule has 1 heterocycles. The number of fused-ring (bicyclic) bond motifs is 1. The molecule has 1 aromatic carbocycles. The molecule has 0 saturated heterocycles. The molecule has 88 valence electrons. The summed E-state index contributed by atoms with van der Waals surface area (Å²) in [5.74, 6) is -0.170. The third-order valence-corrected chi connectivity index (χ3v) is 2.50. The van der Waals surface area contributed by atoms with Crippen molar-refractivity contribution in [2.45, 2.75) is 6.42 Å². The molecule has 1 N–H and O–H groups in total. The van der Waals surface area contributed by atoms with Crippen molar-refractivity contribution in [2.75, 3.05) is 7.11 Å². The first-order valence-corrected chi connectivity index (χ1v) is 4.99. The Bertz CT molecular complexity index is 633. The molecular weight excluding hydrogens is 225 g/mol. The highest BCUT2D eigenvalue weighted by atomic mass is 19.1. The average Bonchev–Trinajstić information content (AvgIpc) is 2.31. The van der Waals surface area contributed by atoms with Gasteiger partial charge in [0.2, 0.25) is 0 Å². The molecule has 0 fully saturated rings. The topological polar surface area (TPSA) is 59.2 Å². The Hall–Kier alpha value is -2.17. The third-order valence-electron chi connectivity index (χ3n) is 2.50. The molecule has 0 spiro atoms. The first-order valence-electron chi connectivity index (χ1n) is 4.99. The van der Waals surface area contributed by atoms with E-state index in [1.165, 1.54) is 25.3 Å². The Morgan fingerprint density at radius 3 is 2.82 bits per heavy atom. The SMILES string of the molecule is COc1cc(F)c2cc(CC=O)c(=O)[nH]c2c1. The highest BCUT2D eigenvalue weighted by molar-refractivity contribution is 5.81. The average molecular weight is 235 g/mol. The molecule has 1 aromatic heterocycles. The summed E-state index contributed by atoms with van der Waals surface area (Å²) >= 11 is 0. The van der Waals surface area contributed by atoms with E-state index in [9.17, 15) is 14.0 Å². The van der Waals surface area contributed by atoms with Crippen molar-refractivity contribution in [1.82, 2.24) is 4.98 Å². The Kier molecular flexibility index (Phi) is 2.91. The molecule has 0 bridgehead atoms. The van der Waals surface area contributed by atoms with Crippen LogP contribution in [0.3, 0.4) is 0 Å². The van der Waals surface area contributed by atoms with Crippen LogP contribution in [0.2, 0.25) is 0 Å². The van der Waals surface area contributed by atoms with Gasteiger partial charge in [-0.2, -0.15) is 0 Å². The number of benzene rings is 1. The number of aromatic amines is 1. The van der Waals surface area contributed by atoms with Gasteiger partial charge in [-0.3, -0.25) is 4.79 Å². The van der Waals surface area contributed by atoms with Crippen LogP contribution in [-0.2, 0) is 11.2 Å². The van der Waals surface area contributed by atoms with Crippen LogP contribution >= 0.6 is 0 Å². The molecule has 2 rings (SSSR count). The first kappa shape index (κ1) is 11.3. The minimum atomic E-state index is -0.497. The van der Waals surface area contributed by atoms with Crippen LogP contribution in [0.25, 0.3) is 10.9 Å².